The molecule has 0 radical (unpaired) electrons. The number of carboxylic acid groups (broad SMARTS) is 1. The Labute approximate surface area is 179 Å². The van der Waals surface area contributed by atoms with Gasteiger partial charge in [0, 0.05) is 5.56 Å². The van der Waals surface area contributed by atoms with Crippen LogP contribution in [0.3, 0.4) is 0 Å². The predicted molar refractivity (Wildman–Crippen MR) is 109 cm³/mol. The van der Waals surface area contributed by atoms with Gasteiger partial charge in [0.1, 0.15) is 0 Å². The molecule has 0 aromatic heterocycles. The number of rotatable bonds is 3. The van der Waals surface area contributed by atoms with Gasteiger partial charge in [-0.1, -0.05) is 82.8 Å². The third kappa shape index (κ3) is 3.69. The quantitative estimate of drug-likeness (QED) is 0.485. The number of halogens is 4. The van der Waals surface area contributed by atoms with Crippen molar-refractivity contribution in [3.63, 3.8) is 0 Å². The van der Waals surface area contributed by atoms with E-state index in [1.165, 1.54) is 48.6 Å². The smallest absolute Gasteiger partial charge is 0.337 e. The number of aromatic carboxylic acids is 1. The summed E-state index contributed by atoms with van der Waals surface area (Å²) in [6.45, 7) is 0. The first-order valence-electron chi connectivity index (χ1n) is 7.73. The number of carbonyl (C=O) groups excluding carboxylic acids is 1. The Morgan fingerprint density at radius 1 is 0.786 bits per heavy atom. The maximum Gasteiger partial charge on any atom is 0.337 e. The lowest BCUT2D eigenvalue weighted by Gasteiger charge is -2.20. The minimum Gasteiger partial charge on any atom is -0.872 e. The summed E-state index contributed by atoms with van der Waals surface area (Å²) < 4.78 is 0. The molecule has 0 atom stereocenters. The van der Waals surface area contributed by atoms with Crippen molar-refractivity contribution >= 4 is 63.7 Å². The Balaban J connectivity index is 2.47. The molecule has 0 bridgehead atoms. The van der Waals surface area contributed by atoms with Gasteiger partial charge < -0.3 is 10.2 Å². The standard InChI is InChI=1S/C20H10Cl4O4/c21-16-14(15(20(27)28)17(22)19(24)18(16)23)13(9-1-5-11(25)6-2-9)10-3-7-12(26)8-4-10/h1-8,25H,(H,27,28)/p-1. The molecule has 0 fully saturated rings. The van der Waals surface area contributed by atoms with Gasteiger partial charge in [0.2, 0.25) is 0 Å². The summed E-state index contributed by atoms with van der Waals surface area (Å²) in [5.74, 6) is -1.82. The van der Waals surface area contributed by atoms with Crippen LogP contribution in [-0.2, 0) is 4.79 Å². The van der Waals surface area contributed by atoms with Crippen molar-refractivity contribution in [3.8, 4) is 5.75 Å². The number of benzene rings is 2. The number of ketones is 1. The summed E-state index contributed by atoms with van der Waals surface area (Å²) in [4.78, 5) is 23.5. The van der Waals surface area contributed by atoms with E-state index >= 15 is 0 Å². The number of hydrogen-bond donors (Lipinski definition) is 1. The van der Waals surface area contributed by atoms with E-state index in [0.29, 0.717) is 16.7 Å². The lowest BCUT2D eigenvalue weighted by atomic mass is 9.88. The Morgan fingerprint density at radius 2 is 1.29 bits per heavy atom. The van der Waals surface area contributed by atoms with E-state index in [-0.39, 0.29) is 42.8 Å². The number of hydrogen-bond acceptors (Lipinski definition) is 3. The first kappa shape index (κ1) is 20.5. The summed E-state index contributed by atoms with van der Waals surface area (Å²) in [5, 5.41) is 20.6. The van der Waals surface area contributed by atoms with E-state index in [4.69, 9.17) is 46.4 Å². The zero-order valence-corrected chi connectivity index (χ0v) is 16.8. The van der Waals surface area contributed by atoms with Crippen molar-refractivity contribution in [1.82, 2.24) is 0 Å². The van der Waals surface area contributed by atoms with E-state index in [1.807, 2.05) is 0 Å². The molecule has 0 saturated heterocycles. The molecule has 28 heavy (non-hydrogen) atoms. The molecule has 0 heterocycles. The van der Waals surface area contributed by atoms with Crippen molar-refractivity contribution in [1.29, 1.82) is 0 Å². The van der Waals surface area contributed by atoms with Gasteiger partial charge in [-0.2, -0.15) is 0 Å². The average Bonchev–Trinajstić information content (AvgIpc) is 2.66. The lowest BCUT2D eigenvalue weighted by molar-refractivity contribution is -0.268. The summed E-state index contributed by atoms with van der Waals surface area (Å²) in [7, 11) is 0. The van der Waals surface area contributed by atoms with Gasteiger partial charge in [-0.25, -0.2) is 4.79 Å². The van der Waals surface area contributed by atoms with Crippen molar-refractivity contribution in [2.45, 2.75) is 0 Å². The number of carbonyl (C=O) groups is 2. The van der Waals surface area contributed by atoms with Crippen LogP contribution in [0.1, 0.15) is 21.5 Å². The Hall–Kier alpha value is -2.24. The summed E-state index contributed by atoms with van der Waals surface area (Å²) >= 11 is 24.8. The van der Waals surface area contributed by atoms with E-state index in [2.05, 4.69) is 0 Å². The number of carboxylic acids is 1. The zero-order valence-electron chi connectivity index (χ0n) is 13.8. The van der Waals surface area contributed by atoms with Gasteiger partial charge in [0.05, 0.1) is 25.7 Å². The fourth-order valence-electron chi connectivity index (χ4n) is 2.77. The molecule has 2 aromatic carbocycles. The molecule has 4 nitrogen and oxygen atoms in total. The van der Waals surface area contributed by atoms with Crippen LogP contribution in [0.25, 0.3) is 5.57 Å². The molecule has 0 saturated carbocycles. The van der Waals surface area contributed by atoms with E-state index in [9.17, 15) is 19.8 Å². The van der Waals surface area contributed by atoms with Crippen LogP contribution in [-0.4, -0.2) is 16.9 Å². The summed E-state index contributed by atoms with van der Waals surface area (Å²) in [6, 6.07) is 5.68. The first-order chi connectivity index (χ1) is 13.2. The summed E-state index contributed by atoms with van der Waals surface area (Å²) in [6.07, 6.45) is 5.68. The van der Waals surface area contributed by atoms with Gasteiger partial charge in [-0.15, -0.1) is 5.75 Å². The molecular weight excluding hydrogens is 446 g/mol. The van der Waals surface area contributed by atoms with E-state index in [1.54, 1.807) is 0 Å². The van der Waals surface area contributed by atoms with Gasteiger partial charge >= 0.3 is 5.97 Å². The minimum atomic E-state index is -1.36. The molecule has 142 valence electrons. The molecule has 2 aromatic rings. The van der Waals surface area contributed by atoms with Crippen molar-refractivity contribution in [2.24, 2.45) is 0 Å². The normalized spacial score (nSPS) is 13.1. The summed E-state index contributed by atoms with van der Waals surface area (Å²) in [5.41, 5.74) is 0.997. The van der Waals surface area contributed by atoms with Crippen LogP contribution in [0.2, 0.25) is 20.1 Å². The second kappa shape index (κ2) is 8.02. The van der Waals surface area contributed by atoms with Gasteiger partial charge in [0.25, 0.3) is 0 Å². The van der Waals surface area contributed by atoms with Gasteiger partial charge in [-0.05, 0) is 28.9 Å². The molecule has 0 unspecified atom stereocenters. The third-order valence-corrected chi connectivity index (χ3v) is 5.82. The molecule has 3 rings (SSSR count). The van der Waals surface area contributed by atoms with Crippen LogP contribution in [0.4, 0.5) is 0 Å². The predicted octanol–water partition coefficient (Wildman–Crippen LogP) is 5.57. The maximum absolute atomic E-state index is 12.0. The van der Waals surface area contributed by atoms with E-state index in [0.717, 1.165) is 0 Å². The molecule has 0 aliphatic heterocycles. The highest BCUT2D eigenvalue weighted by molar-refractivity contribution is 6.53. The number of allylic oxidation sites excluding steroid dienone is 5. The fraction of sp³-hybridized carbons (Fsp3) is 0. The molecule has 1 aliphatic rings. The van der Waals surface area contributed by atoms with Crippen LogP contribution >= 0.6 is 46.4 Å². The maximum atomic E-state index is 12.0. The molecule has 1 aliphatic carbocycles. The third-order valence-electron chi connectivity index (χ3n) is 4.02. The second-order valence-corrected chi connectivity index (χ2v) is 7.25. The van der Waals surface area contributed by atoms with Crippen LogP contribution in [0.5, 0.6) is 5.75 Å². The molecule has 0 amide bonds. The first-order valence-corrected chi connectivity index (χ1v) is 9.25. The van der Waals surface area contributed by atoms with Crippen LogP contribution in [0, 0.1) is 0 Å². The van der Waals surface area contributed by atoms with Crippen LogP contribution in [0.15, 0.2) is 54.1 Å². The van der Waals surface area contributed by atoms with E-state index < -0.39 is 5.97 Å². The zero-order chi connectivity index (χ0) is 20.6. The van der Waals surface area contributed by atoms with Gasteiger partial charge in [0.15, 0.2) is 5.78 Å². The SMILES string of the molecule is O=C1C=CC(=C(c2ccc([O-])cc2)c2c(Cl)c(Cl)c(Cl)c(Cl)c2C(=O)O)C=C1. The molecule has 0 spiro atoms. The Morgan fingerprint density at radius 3 is 1.79 bits per heavy atom. The Kier molecular flexibility index (Phi) is 5.87. The van der Waals surface area contributed by atoms with Crippen molar-refractivity contribution in [2.75, 3.05) is 0 Å². The highest BCUT2D eigenvalue weighted by Crippen LogP contribution is 2.46. The van der Waals surface area contributed by atoms with Crippen molar-refractivity contribution < 1.29 is 19.8 Å². The molecule has 1 N–H and O–H groups in total. The van der Waals surface area contributed by atoms with Crippen molar-refractivity contribution in [3.05, 3.63) is 90.9 Å². The Bertz CT molecular complexity index is 1080. The topological polar surface area (TPSA) is 77.4 Å². The highest BCUT2D eigenvalue weighted by atomic mass is 35.5. The van der Waals surface area contributed by atoms with Gasteiger partial charge in [-0.3, -0.25) is 4.79 Å². The molecular formula is C20H9Cl4O4-. The van der Waals surface area contributed by atoms with Crippen LogP contribution < -0.4 is 5.11 Å². The highest BCUT2D eigenvalue weighted by Gasteiger charge is 2.28. The monoisotopic (exact) mass is 453 g/mol. The largest absolute Gasteiger partial charge is 0.872 e. The lowest BCUT2D eigenvalue weighted by Crippen LogP contribution is -2.08. The average molecular weight is 455 g/mol. The second-order valence-electron chi connectivity index (χ2n) is 5.73. The molecule has 8 heteroatoms. The fourth-order valence-corrected chi connectivity index (χ4v) is 3.79. The minimum absolute atomic E-state index is 0.0332.